The molecule has 10 heteroatoms. The van der Waals surface area contributed by atoms with Gasteiger partial charge in [-0.1, -0.05) is 42.1 Å². The Bertz CT molecular complexity index is 854. The number of carbonyl (C=O) groups is 3. The van der Waals surface area contributed by atoms with Gasteiger partial charge >= 0.3 is 12.0 Å². The molecule has 9 nitrogen and oxygen atoms in total. The van der Waals surface area contributed by atoms with E-state index in [9.17, 15) is 14.4 Å². The summed E-state index contributed by atoms with van der Waals surface area (Å²) in [7, 11) is 0. The van der Waals surface area contributed by atoms with Crippen LogP contribution in [0.4, 0.5) is 4.79 Å². The number of aromatic nitrogens is 3. The van der Waals surface area contributed by atoms with Gasteiger partial charge in [0.2, 0.25) is 0 Å². The predicted octanol–water partition coefficient (Wildman–Crippen LogP) is 2.22. The Morgan fingerprint density at radius 1 is 1.14 bits per heavy atom. The molecule has 0 aliphatic heterocycles. The van der Waals surface area contributed by atoms with E-state index >= 15 is 0 Å². The van der Waals surface area contributed by atoms with E-state index in [1.54, 1.807) is 13.8 Å². The lowest BCUT2D eigenvalue weighted by Crippen LogP contribution is -2.46. The number of imide groups is 1. The summed E-state index contributed by atoms with van der Waals surface area (Å²) >= 11 is 1.18. The van der Waals surface area contributed by atoms with Crippen LogP contribution in [0.5, 0.6) is 0 Å². The van der Waals surface area contributed by atoms with Crippen LogP contribution < -0.4 is 10.6 Å². The number of urea groups is 1. The molecule has 0 unspecified atom stereocenters. The summed E-state index contributed by atoms with van der Waals surface area (Å²) in [5.41, 5.74) is 0.932. The van der Waals surface area contributed by atoms with Gasteiger partial charge in [-0.25, -0.2) is 4.79 Å². The molecule has 0 fully saturated rings. The monoisotopic (exact) mass is 419 g/mol. The molecule has 2 rings (SSSR count). The van der Waals surface area contributed by atoms with Gasteiger partial charge in [-0.05, 0) is 27.7 Å². The van der Waals surface area contributed by atoms with Crippen LogP contribution in [0.2, 0.25) is 0 Å². The van der Waals surface area contributed by atoms with E-state index in [0.717, 1.165) is 5.56 Å². The molecule has 3 amide bonds. The zero-order chi connectivity index (χ0) is 21.4. The molecule has 2 N–H and O–H groups in total. The molecule has 1 aromatic heterocycles. The van der Waals surface area contributed by atoms with Crippen molar-refractivity contribution in [3.05, 3.63) is 30.3 Å². The Morgan fingerprint density at radius 2 is 1.83 bits per heavy atom. The van der Waals surface area contributed by atoms with E-state index < -0.39 is 24.0 Å². The smallest absolute Gasteiger partial charge is 0.321 e. The van der Waals surface area contributed by atoms with Gasteiger partial charge in [-0.3, -0.25) is 14.9 Å². The van der Waals surface area contributed by atoms with Crippen molar-refractivity contribution in [1.29, 1.82) is 0 Å². The topological polar surface area (TPSA) is 115 Å². The van der Waals surface area contributed by atoms with Crippen LogP contribution in [0.25, 0.3) is 11.4 Å². The number of nitrogens with one attached hydrogen (secondary N) is 2. The Morgan fingerprint density at radius 3 is 2.45 bits per heavy atom. The summed E-state index contributed by atoms with van der Waals surface area (Å²) in [6.07, 6.45) is -1.09. The summed E-state index contributed by atoms with van der Waals surface area (Å²) in [6, 6.07) is 8.89. The largest absolute Gasteiger partial charge is 0.452 e. The van der Waals surface area contributed by atoms with Crippen molar-refractivity contribution in [3.8, 4) is 11.4 Å². The number of rotatable bonds is 8. The van der Waals surface area contributed by atoms with E-state index in [4.69, 9.17) is 4.74 Å². The molecule has 0 saturated heterocycles. The fraction of sp³-hybridized carbons (Fsp3) is 0.421. The fourth-order valence-corrected chi connectivity index (χ4v) is 3.19. The molecule has 156 valence electrons. The molecule has 0 bridgehead atoms. The van der Waals surface area contributed by atoms with Crippen molar-refractivity contribution in [2.45, 2.75) is 51.5 Å². The average Bonchev–Trinajstić information content (AvgIpc) is 3.09. The Labute approximate surface area is 173 Å². The quantitative estimate of drug-likeness (QED) is 0.498. The molecule has 0 aliphatic rings. The van der Waals surface area contributed by atoms with Crippen LogP contribution in [-0.2, 0) is 20.9 Å². The standard InChI is InChI=1S/C19H25N5O4S/c1-5-24-16(14-9-7-6-8-10-14)22-23-19(24)29-11-15(25)28-13(4)17(26)21-18(27)20-12(2)3/h6-10,12-13H,5,11H2,1-4H3,(H2,20,21,26,27)/t13-/m0/s1. The van der Waals surface area contributed by atoms with Gasteiger partial charge < -0.3 is 14.6 Å². The summed E-state index contributed by atoms with van der Waals surface area (Å²) in [6.45, 7) is 7.54. The summed E-state index contributed by atoms with van der Waals surface area (Å²) in [5.74, 6) is -0.603. The van der Waals surface area contributed by atoms with E-state index in [1.165, 1.54) is 18.7 Å². The maximum absolute atomic E-state index is 12.1. The zero-order valence-corrected chi connectivity index (χ0v) is 17.7. The number of thioether (sulfide) groups is 1. The predicted molar refractivity (Wildman–Crippen MR) is 109 cm³/mol. The van der Waals surface area contributed by atoms with E-state index in [-0.39, 0.29) is 11.8 Å². The van der Waals surface area contributed by atoms with E-state index in [1.807, 2.05) is 41.8 Å². The van der Waals surface area contributed by atoms with Crippen LogP contribution >= 0.6 is 11.8 Å². The highest BCUT2D eigenvalue weighted by Gasteiger charge is 2.21. The van der Waals surface area contributed by atoms with E-state index in [0.29, 0.717) is 17.5 Å². The minimum Gasteiger partial charge on any atom is -0.452 e. The first-order valence-corrected chi connectivity index (χ1v) is 10.2. The third-order valence-electron chi connectivity index (χ3n) is 3.72. The second-order valence-electron chi connectivity index (χ2n) is 6.45. The van der Waals surface area contributed by atoms with Crippen LogP contribution in [0.15, 0.2) is 35.5 Å². The Hall–Kier alpha value is -2.88. The lowest BCUT2D eigenvalue weighted by Gasteiger charge is -2.14. The van der Waals surface area contributed by atoms with Crippen molar-refractivity contribution < 1.29 is 19.1 Å². The SMILES string of the molecule is CCn1c(SCC(=O)O[C@@H](C)C(=O)NC(=O)NC(C)C)nnc1-c1ccccc1. The average molecular weight is 420 g/mol. The third-order valence-corrected chi connectivity index (χ3v) is 4.66. The molecular formula is C19H25N5O4S. The van der Waals surface area contributed by atoms with Gasteiger partial charge in [0.25, 0.3) is 5.91 Å². The molecule has 1 aromatic carbocycles. The lowest BCUT2D eigenvalue weighted by atomic mass is 10.2. The number of amides is 3. The minimum absolute atomic E-state index is 0.0390. The first kappa shape index (κ1) is 22.4. The van der Waals surface area contributed by atoms with Crippen LogP contribution in [0.3, 0.4) is 0 Å². The van der Waals surface area contributed by atoms with Gasteiger partial charge in [0.15, 0.2) is 17.1 Å². The number of ether oxygens (including phenoxy) is 1. The number of benzene rings is 1. The maximum Gasteiger partial charge on any atom is 0.321 e. The molecule has 1 heterocycles. The molecule has 0 aliphatic carbocycles. The number of hydrogen-bond donors (Lipinski definition) is 2. The van der Waals surface area contributed by atoms with Crippen LogP contribution in [-0.4, -0.2) is 50.6 Å². The highest BCUT2D eigenvalue weighted by atomic mass is 32.2. The van der Waals surface area contributed by atoms with Crippen molar-refractivity contribution in [2.75, 3.05) is 5.75 Å². The van der Waals surface area contributed by atoms with Crippen molar-refractivity contribution in [1.82, 2.24) is 25.4 Å². The minimum atomic E-state index is -1.09. The highest BCUT2D eigenvalue weighted by molar-refractivity contribution is 7.99. The summed E-state index contributed by atoms with van der Waals surface area (Å²) in [4.78, 5) is 35.6. The number of nitrogens with zero attached hydrogens (tertiary/aromatic N) is 3. The van der Waals surface area contributed by atoms with Gasteiger partial charge in [-0.15, -0.1) is 10.2 Å². The molecule has 1 atom stereocenters. The van der Waals surface area contributed by atoms with Gasteiger partial charge in [0, 0.05) is 18.2 Å². The number of esters is 1. The van der Waals surface area contributed by atoms with Crippen LogP contribution in [0, 0.1) is 0 Å². The van der Waals surface area contributed by atoms with Crippen molar-refractivity contribution >= 4 is 29.7 Å². The highest BCUT2D eigenvalue weighted by Crippen LogP contribution is 2.23. The number of hydrogen-bond acceptors (Lipinski definition) is 7. The molecule has 29 heavy (non-hydrogen) atoms. The molecular weight excluding hydrogens is 394 g/mol. The molecule has 2 aromatic rings. The van der Waals surface area contributed by atoms with Gasteiger partial charge in [-0.2, -0.15) is 0 Å². The number of carbonyl (C=O) groups excluding carboxylic acids is 3. The normalized spacial score (nSPS) is 11.8. The first-order valence-electron chi connectivity index (χ1n) is 9.24. The Kier molecular flexibility index (Phi) is 8.20. The zero-order valence-electron chi connectivity index (χ0n) is 16.8. The van der Waals surface area contributed by atoms with Gasteiger partial charge in [0.1, 0.15) is 0 Å². The summed E-state index contributed by atoms with van der Waals surface area (Å²) in [5, 5.41) is 13.6. The summed E-state index contributed by atoms with van der Waals surface area (Å²) < 4.78 is 7.00. The molecule has 0 saturated carbocycles. The maximum atomic E-state index is 12.1. The Balaban J connectivity index is 1.90. The lowest BCUT2D eigenvalue weighted by molar-refractivity contribution is -0.151. The second-order valence-corrected chi connectivity index (χ2v) is 7.40. The van der Waals surface area contributed by atoms with Gasteiger partial charge in [0.05, 0.1) is 5.75 Å². The molecule has 0 radical (unpaired) electrons. The fourth-order valence-electron chi connectivity index (χ4n) is 2.40. The molecule has 0 spiro atoms. The first-order chi connectivity index (χ1) is 13.8. The third kappa shape index (κ3) is 6.60. The van der Waals surface area contributed by atoms with E-state index in [2.05, 4.69) is 20.8 Å². The van der Waals surface area contributed by atoms with Crippen LogP contribution in [0.1, 0.15) is 27.7 Å². The van der Waals surface area contributed by atoms with Crippen molar-refractivity contribution in [3.63, 3.8) is 0 Å². The van der Waals surface area contributed by atoms with Crippen molar-refractivity contribution in [2.24, 2.45) is 0 Å². The second kappa shape index (κ2) is 10.6.